The van der Waals surface area contributed by atoms with Crippen molar-refractivity contribution in [1.29, 1.82) is 0 Å². The first kappa shape index (κ1) is 51.1. The summed E-state index contributed by atoms with van der Waals surface area (Å²) in [6.45, 7) is 1.03. The van der Waals surface area contributed by atoms with Crippen molar-refractivity contribution in [2.45, 2.75) is 18.0 Å². The number of nitrogens with zero attached hydrogens (tertiary/aromatic N) is 2. The van der Waals surface area contributed by atoms with E-state index in [1.165, 1.54) is 78.9 Å². The second kappa shape index (κ2) is 23.7. The smallest absolute Gasteiger partial charge is 0.336 e. The van der Waals surface area contributed by atoms with Crippen molar-refractivity contribution in [1.82, 2.24) is 10.6 Å². The first-order valence-corrected chi connectivity index (χ1v) is 22.6. The molecule has 7 rings (SSSR count). The van der Waals surface area contributed by atoms with Crippen LogP contribution in [0.25, 0.3) is 39.5 Å². The number of carboxylic acid groups (broad SMARTS) is 1. The zero-order valence-corrected chi connectivity index (χ0v) is 38.5. The van der Waals surface area contributed by atoms with Gasteiger partial charge in [-0.2, -0.15) is 0 Å². The Balaban J connectivity index is 0.817. The summed E-state index contributed by atoms with van der Waals surface area (Å²) in [5.41, 5.74) is 1.70. The van der Waals surface area contributed by atoms with Crippen molar-refractivity contribution >= 4 is 63.1 Å². The van der Waals surface area contributed by atoms with Crippen molar-refractivity contribution in [2.75, 3.05) is 39.6 Å². The molecule has 2 amide bonds. The zero-order chi connectivity index (χ0) is 51.3. The van der Waals surface area contributed by atoms with Gasteiger partial charge in [-0.15, -0.1) is 0 Å². The van der Waals surface area contributed by atoms with E-state index < -0.39 is 39.0 Å². The molecule has 1 aliphatic carbocycles. The van der Waals surface area contributed by atoms with E-state index in [-0.39, 0.29) is 114 Å². The molecular weight excluding hydrogens is 957 g/mol. The van der Waals surface area contributed by atoms with Gasteiger partial charge in [0.25, 0.3) is 23.2 Å². The number of aromatic hydroxyl groups is 2. The van der Waals surface area contributed by atoms with Crippen LogP contribution in [0.5, 0.6) is 11.5 Å². The number of hydrogen-bond donors (Lipinski definition) is 5. The number of hydrogen-bond acceptors (Lipinski definition) is 16. The van der Waals surface area contributed by atoms with E-state index in [9.17, 15) is 59.5 Å². The van der Waals surface area contributed by atoms with E-state index >= 15 is 0 Å². The number of phenols is 2. The maximum atomic E-state index is 13.2. The largest absolute Gasteiger partial charge is 0.508 e. The number of phenolic OH excluding ortho intramolecular Hbond substituents is 2. The lowest BCUT2D eigenvalue weighted by Crippen LogP contribution is -2.27. The van der Waals surface area contributed by atoms with Crippen LogP contribution in [-0.4, -0.2) is 87.6 Å². The first-order valence-electron chi connectivity index (χ1n) is 21.7. The molecule has 0 atom stereocenters. The number of fused-ring (bicyclic) bond motifs is 2. The molecule has 0 spiro atoms. The predicted octanol–water partition coefficient (Wildman–Crippen LogP) is 7.73. The third-order valence-electron chi connectivity index (χ3n) is 10.7. The molecule has 0 saturated heterocycles. The topological polar surface area (TPSA) is 297 Å². The van der Waals surface area contributed by atoms with Crippen LogP contribution in [-0.2, 0) is 32.2 Å². The van der Waals surface area contributed by atoms with Crippen LogP contribution in [0, 0.1) is 20.2 Å². The molecule has 5 aromatic carbocycles. The molecule has 0 bridgehead atoms. The van der Waals surface area contributed by atoms with Gasteiger partial charge < -0.3 is 44.6 Å². The second-order valence-corrected chi connectivity index (χ2v) is 16.7. The molecule has 2 aliphatic rings. The van der Waals surface area contributed by atoms with Crippen LogP contribution in [0.3, 0.4) is 0 Å². The molecule has 0 fully saturated rings. The number of carbonyl (C=O) groups is 4. The van der Waals surface area contributed by atoms with Gasteiger partial charge in [-0.05, 0) is 119 Å². The lowest BCUT2D eigenvalue weighted by atomic mass is 9.89. The van der Waals surface area contributed by atoms with Crippen LogP contribution < -0.4 is 16.1 Å². The fraction of sp³-hybridized carbons (Fsp3) is 0.157. The molecule has 20 nitrogen and oxygen atoms in total. The van der Waals surface area contributed by atoms with E-state index in [0.717, 1.165) is 30.0 Å². The van der Waals surface area contributed by atoms with Crippen LogP contribution in [0.1, 0.15) is 47.8 Å². The molecule has 0 aromatic heterocycles. The van der Waals surface area contributed by atoms with Gasteiger partial charge in [0.1, 0.15) is 22.8 Å². The van der Waals surface area contributed by atoms with Gasteiger partial charge in [-0.1, -0.05) is 12.1 Å². The number of benzene rings is 6. The molecule has 72 heavy (non-hydrogen) atoms. The number of nitrogens with one attached hydrogen (secondary N) is 2. The fourth-order valence-corrected chi connectivity index (χ4v) is 7.95. The highest BCUT2D eigenvalue weighted by Crippen LogP contribution is 2.42. The molecular formula is C51H42N4O16S. The predicted molar refractivity (Wildman–Crippen MR) is 262 cm³/mol. The van der Waals surface area contributed by atoms with Gasteiger partial charge in [0.15, 0.2) is 5.43 Å². The first-order chi connectivity index (χ1) is 34.6. The molecule has 5 N–H and O–H groups in total. The van der Waals surface area contributed by atoms with Gasteiger partial charge in [0, 0.05) is 69.9 Å². The number of ether oxygens (including phenoxy) is 3. The summed E-state index contributed by atoms with van der Waals surface area (Å²) in [6.07, 6.45) is 2.94. The van der Waals surface area contributed by atoms with E-state index in [2.05, 4.69) is 10.6 Å². The SMILES string of the molecule is O=C(/C=C/c1ccc(O)cc1COCCOCCOCCNC(=O)c1ccc(C(=O)O)c(-c2c3ccc(=O)cc-3oc3cc(O)ccc23)c1)Sc1ccc(C(=O)NCc2cc([N+](=O)[O-])cc([N+](=O)[O-])c2)cc1. The van der Waals surface area contributed by atoms with Crippen LogP contribution in [0.2, 0.25) is 0 Å². The molecule has 1 aliphatic heterocycles. The minimum Gasteiger partial charge on any atom is -0.508 e. The molecule has 0 unspecified atom stereocenters. The molecule has 0 radical (unpaired) electrons. The minimum atomic E-state index is -1.24. The van der Waals surface area contributed by atoms with Gasteiger partial charge >= 0.3 is 5.97 Å². The Hall–Kier alpha value is -8.76. The summed E-state index contributed by atoms with van der Waals surface area (Å²) in [5, 5.41) is 58.1. The van der Waals surface area contributed by atoms with E-state index in [0.29, 0.717) is 32.5 Å². The number of thioether (sulfide) groups is 1. The number of carbonyl (C=O) groups excluding carboxylic acids is 3. The third kappa shape index (κ3) is 13.3. The Labute approximate surface area is 412 Å². The van der Waals surface area contributed by atoms with E-state index in [4.69, 9.17) is 18.6 Å². The Bertz CT molecular complexity index is 3230. The van der Waals surface area contributed by atoms with Crippen LogP contribution in [0.4, 0.5) is 11.4 Å². The Kier molecular flexibility index (Phi) is 16.8. The van der Waals surface area contributed by atoms with Crippen molar-refractivity contribution in [2.24, 2.45) is 0 Å². The molecule has 368 valence electrons. The number of non-ortho nitro benzene ring substituents is 2. The number of nitro groups is 2. The summed E-state index contributed by atoms with van der Waals surface area (Å²) in [5.74, 6) is -2.17. The summed E-state index contributed by atoms with van der Waals surface area (Å²) >= 11 is 0.906. The molecule has 0 saturated carbocycles. The van der Waals surface area contributed by atoms with E-state index in [1.54, 1.807) is 30.3 Å². The lowest BCUT2D eigenvalue weighted by molar-refractivity contribution is -0.394. The molecule has 21 heteroatoms. The summed E-state index contributed by atoms with van der Waals surface area (Å²) in [4.78, 5) is 84.7. The highest BCUT2D eigenvalue weighted by Gasteiger charge is 2.24. The molecule has 1 heterocycles. The summed E-state index contributed by atoms with van der Waals surface area (Å²) in [7, 11) is 0. The number of nitro benzene ring substituents is 2. The lowest BCUT2D eigenvalue weighted by Gasteiger charge is -2.17. The van der Waals surface area contributed by atoms with Gasteiger partial charge in [0.05, 0.1) is 61.1 Å². The monoisotopic (exact) mass is 998 g/mol. The van der Waals surface area contributed by atoms with Crippen molar-refractivity contribution in [3.63, 3.8) is 0 Å². The average Bonchev–Trinajstić information content (AvgIpc) is 3.35. The summed E-state index contributed by atoms with van der Waals surface area (Å²) in [6, 6.07) is 26.5. The Morgan fingerprint density at radius 2 is 1.33 bits per heavy atom. The number of rotatable bonds is 22. The normalized spacial score (nSPS) is 11.2. The Morgan fingerprint density at radius 3 is 2.04 bits per heavy atom. The zero-order valence-electron chi connectivity index (χ0n) is 37.7. The quantitative estimate of drug-likeness (QED) is 0.0108. The van der Waals surface area contributed by atoms with E-state index in [1.807, 2.05) is 0 Å². The summed E-state index contributed by atoms with van der Waals surface area (Å²) < 4.78 is 22.8. The van der Waals surface area contributed by atoms with Gasteiger partial charge in [0.2, 0.25) is 5.12 Å². The van der Waals surface area contributed by atoms with Crippen molar-refractivity contribution < 1.29 is 63.0 Å². The minimum absolute atomic E-state index is 0.00180. The highest BCUT2D eigenvalue weighted by molar-refractivity contribution is 8.14. The third-order valence-corrected chi connectivity index (χ3v) is 11.5. The van der Waals surface area contributed by atoms with Gasteiger partial charge in [-0.3, -0.25) is 39.4 Å². The highest BCUT2D eigenvalue weighted by atomic mass is 32.2. The standard InChI is InChI=1S/C51H42N4O16S/c56-37-6-1-31(5-14-47(59)72-40-9-2-32(3-10-40)49(60)53-28-30-21-35(54(64)65)25-36(22-30)55(66)67)34(23-37)29-70-20-19-69-18-17-68-16-15-52-50(61)33-4-11-41(51(62)63)44(24-33)48-42-12-7-38(57)26-45(42)71-46-27-39(58)8-13-43(46)48/h1-14,21-27,56-57H,15-20,28-29H2,(H,52,61)(H,53,60)(H,62,63)/b14-5+. The average molecular weight is 999 g/mol. The van der Waals surface area contributed by atoms with Crippen LogP contribution in [0.15, 0.2) is 135 Å². The van der Waals surface area contributed by atoms with Gasteiger partial charge in [-0.25, -0.2) is 4.79 Å². The van der Waals surface area contributed by atoms with Crippen molar-refractivity contribution in [3.05, 3.63) is 185 Å². The second-order valence-electron chi connectivity index (χ2n) is 15.6. The molecule has 5 aromatic rings. The fourth-order valence-electron chi connectivity index (χ4n) is 7.30. The number of aromatic carboxylic acids is 1. The Morgan fingerprint density at radius 1 is 0.681 bits per heavy atom. The maximum Gasteiger partial charge on any atom is 0.336 e. The van der Waals surface area contributed by atoms with Crippen molar-refractivity contribution in [3.8, 4) is 33.9 Å². The number of carboxylic acids is 1. The number of amides is 2. The van der Waals surface area contributed by atoms with Crippen LogP contribution >= 0.6 is 11.8 Å². The maximum absolute atomic E-state index is 13.2.